The zero-order chi connectivity index (χ0) is 13.5. The Morgan fingerprint density at radius 2 is 0.400 bits per heavy atom. The normalized spacial score (nSPS) is 8.70. The van der Waals surface area contributed by atoms with Crippen molar-refractivity contribution < 1.29 is 106 Å². The van der Waals surface area contributed by atoms with E-state index in [1.54, 1.807) is 0 Å². The summed E-state index contributed by atoms with van der Waals surface area (Å²) in [5, 5.41) is 0. The average Bonchev–Trinajstić information content (AvgIpc) is 1.41. The molecule has 6 N–H and O–H groups in total. The van der Waals surface area contributed by atoms with Gasteiger partial charge in [-0.1, -0.05) is 0 Å². The van der Waals surface area contributed by atoms with Crippen LogP contribution >= 0.6 is 0 Å². The van der Waals surface area contributed by atoms with Gasteiger partial charge in [0.15, 0.2) is 0 Å². The van der Waals surface area contributed by atoms with Gasteiger partial charge < -0.3 is 43.7 Å². The van der Waals surface area contributed by atoms with Gasteiger partial charge in [0.05, 0.1) is 0 Å². The minimum atomic E-state index is -5.17. The summed E-state index contributed by atoms with van der Waals surface area (Å²) in [4.78, 5) is 0. The Balaban J connectivity index is -0.0000000160. The van der Waals surface area contributed by atoms with Gasteiger partial charge in [-0.2, -0.15) is 0 Å². The predicted molar refractivity (Wildman–Crippen MR) is 42.3 cm³/mol. The fraction of sp³-hybridized carbons (Fsp3) is 0. The fourth-order valence-electron chi connectivity index (χ4n) is 0. The summed E-state index contributed by atoms with van der Waals surface area (Å²) < 4.78 is 102. The molecule has 0 saturated carbocycles. The van der Waals surface area contributed by atoms with Crippen molar-refractivity contribution in [2.24, 2.45) is 0 Å². The van der Waals surface area contributed by atoms with Gasteiger partial charge in [0.25, 0.3) is 0 Å². The van der Waals surface area contributed by atoms with E-state index in [1.165, 1.54) is 0 Å². The summed E-state index contributed by atoms with van der Waals surface area (Å²) in [5.41, 5.74) is 0. The molecule has 0 spiro atoms. The molecule has 0 saturated heterocycles. The smallest absolute Gasteiger partial charge is 0.0311 e. The fourth-order valence-corrected chi connectivity index (χ4v) is 0. The molecule has 0 aromatic carbocycles. The van der Waals surface area contributed by atoms with Crippen molar-refractivity contribution in [3.8, 4) is 0 Å². The van der Waals surface area contributed by atoms with Gasteiger partial charge in [0, 0.05) is 68.3 Å². The molecule has 0 amide bonds. The standard InChI is InChI=1S/3H2O4S.3H2O.2V/c3*1-5(2,3)4;;;;;/h3*(H2,1,2,3,4);3*1H2;;/p-6. The Morgan fingerprint density at radius 1 is 0.400 bits per heavy atom. The van der Waals surface area contributed by atoms with Crippen LogP contribution in [0.5, 0.6) is 0 Å². The molecule has 0 aromatic rings. The van der Waals surface area contributed by atoms with E-state index in [2.05, 4.69) is 0 Å². The van der Waals surface area contributed by atoms with Gasteiger partial charge in [0.1, 0.15) is 0 Å². The number of rotatable bonds is 0. The third-order valence-corrected chi connectivity index (χ3v) is 0. The van der Waals surface area contributed by atoms with Gasteiger partial charge in [-0.05, 0) is 0 Å². The Kier molecular flexibility index (Phi) is 49.0. The monoisotopic (exact) mass is 444 g/mol. The Hall–Kier alpha value is 0.659. The van der Waals surface area contributed by atoms with Crippen molar-refractivity contribution in [3.63, 3.8) is 0 Å². The molecule has 0 aliphatic heterocycles. The van der Waals surface area contributed by atoms with E-state index in [0.717, 1.165) is 0 Å². The van der Waals surface area contributed by atoms with Crippen LogP contribution in [0.15, 0.2) is 0 Å². The molecule has 0 fully saturated rings. The maximum atomic E-state index is 8.52. The van der Waals surface area contributed by atoms with E-state index in [1.807, 2.05) is 0 Å². The summed E-state index contributed by atoms with van der Waals surface area (Å²) in [7, 11) is -15.5. The molecule has 130 valence electrons. The Labute approximate surface area is 137 Å². The van der Waals surface area contributed by atoms with Crippen LogP contribution in [0.4, 0.5) is 0 Å². The van der Waals surface area contributed by atoms with Crippen LogP contribution in [0.25, 0.3) is 0 Å². The summed E-state index contributed by atoms with van der Waals surface area (Å²) in [5.74, 6) is 0. The molecule has 0 atom stereocenters. The van der Waals surface area contributed by atoms with Crippen LogP contribution in [0.2, 0.25) is 0 Å². The van der Waals surface area contributed by atoms with Gasteiger partial charge >= 0.3 is 0 Å². The summed E-state index contributed by atoms with van der Waals surface area (Å²) in [6, 6.07) is 0. The summed E-state index contributed by atoms with van der Waals surface area (Å²) in [6.45, 7) is 0. The second-order valence-corrected chi connectivity index (χ2v) is 3.67. The van der Waals surface area contributed by atoms with E-state index in [4.69, 9.17) is 52.6 Å². The molecule has 2 radical (unpaired) electrons. The first kappa shape index (κ1) is 49.8. The Bertz CT molecular complexity index is 342. The minimum absolute atomic E-state index is 0. The molecule has 0 rings (SSSR count). The topological polar surface area (TPSA) is 335 Å². The molecule has 0 aliphatic carbocycles. The van der Waals surface area contributed by atoms with Crippen LogP contribution in [-0.4, -0.2) is 69.0 Å². The van der Waals surface area contributed by atoms with Gasteiger partial charge in [-0.15, -0.1) is 0 Å². The van der Waals surface area contributed by atoms with E-state index in [-0.39, 0.29) is 53.5 Å². The van der Waals surface area contributed by atoms with Crippen molar-refractivity contribution in [3.05, 3.63) is 0 Å². The largest absolute Gasteiger partial charge is 0.759 e. The van der Waals surface area contributed by atoms with Crippen LogP contribution in [0.3, 0.4) is 0 Å². The van der Waals surface area contributed by atoms with Crippen molar-refractivity contribution >= 4 is 31.2 Å². The van der Waals surface area contributed by atoms with E-state index in [0.29, 0.717) is 0 Å². The minimum Gasteiger partial charge on any atom is -0.759 e. The van der Waals surface area contributed by atoms with E-state index in [9.17, 15) is 0 Å². The Morgan fingerprint density at radius 3 is 0.400 bits per heavy atom. The predicted octanol–water partition coefficient (Wildman–Crippen LogP) is -6.49. The summed E-state index contributed by atoms with van der Waals surface area (Å²) >= 11 is 0. The zero-order valence-electron chi connectivity index (χ0n) is 8.52. The molecule has 20 heavy (non-hydrogen) atoms. The van der Waals surface area contributed by atoms with Crippen LogP contribution in [0, 0.1) is 0 Å². The second kappa shape index (κ2) is 19.7. The van der Waals surface area contributed by atoms with Gasteiger partial charge in [0.2, 0.25) is 0 Å². The maximum absolute atomic E-state index is 8.52. The summed E-state index contributed by atoms with van der Waals surface area (Å²) in [6.07, 6.45) is 0. The molecule has 20 heteroatoms. The molecule has 15 nitrogen and oxygen atoms in total. The molecular formula is H6O15S3V2-6. The zero-order valence-corrected chi connectivity index (χ0v) is 13.8. The number of hydrogen-bond acceptors (Lipinski definition) is 12. The quantitative estimate of drug-likeness (QED) is 0.248. The third kappa shape index (κ3) is 13400. The first-order chi connectivity index (χ1) is 6.00. The van der Waals surface area contributed by atoms with Crippen molar-refractivity contribution in [1.29, 1.82) is 0 Å². The molecule has 0 aliphatic rings. The molecule has 0 bridgehead atoms. The maximum Gasteiger partial charge on any atom is 0.0311 e. The van der Waals surface area contributed by atoms with E-state index < -0.39 is 31.2 Å². The van der Waals surface area contributed by atoms with Crippen LogP contribution in [-0.2, 0) is 68.3 Å². The molecule has 0 unspecified atom stereocenters. The van der Waals surface area contributed by atoms with Crippen molar-refractivity contribution in [2.75, 3.05) is 0 Å². The van der Waals surface area contributed by atoms with Crippen molar-refractivity contribution in [2.45, 2.75) is 0 Å². The molecular weight excluding hydrogens is 438 g/mol. The molecule has 0 heterocycles. The van der Waals surface area contributed by atoms with Gasteiger partial charge in [-0.25, -0.2) is 0 Å². The van der Waals surface area contributed by atoms with Crippen LogP contribution in [0.1, 0.15) is 0 Å². The van der Waals surface area contributed by atoms with E-state index >= 15 is 0 Å². The average molecular weight is 444 g/mol. The first-order valence-corrected chi connectivity index (χ1v) is 6.00. The van der Waals surface area contributed by atoms with Gasteiger partial charge in [-0.3, -0.25) is 25.3 Å². The molecule has 0 aromatic heterocycles. The van der Waals surface area contributed by atoms with Crippen LogP contribution < -0.4 is 0 Å². The first-order valence-electron chi connectivity index (χ1n) is 2.00. The number of hydrogen-bond donors (Lipinski definition) is 0. The third-order valence-electron chi connectivity index (χ3n) is 0. The second-order valence-electron chi connectivity index (χ2n) is 1.22. The van der Waals surface area contributed by atoms with Crippen molar-refractivity contribution in [1.82, 2.24) is 0 Å². The SMILES string of the molecule is O.O.O.O=S(=O)([O-])[O-].O=S(=O)([O-])[O-].O=S(=O)([O-])[O-].[V].[V].